The Labute approximate surface area is 135 Å². The number of rotatable bonds is 7. The summed E-state index contributed by atoms with van der Waals surface area (Å²) < 4.78 is 6.70. The van der Waals surface area contributed by atoms with Crippen molar-refractivity contribution in [3.63, 3.8) is 0 Å². The molecule has 1 aromatic rings. The first kappa shape index (κ1) is 16.3. The lowest BCUT2D eigenvalue weighted by Gasteiger charge is -2.21. The highest BCUT2D eigenvalue weighted by atomic mass is 79.9. The highest BCUT2D eigenvalue weighted by molar-refractivity contribution is 9.10. The van der Waals surface area contributed by atoms with Crippen LogP contribution in [-0.4, -0.2) is 19.3 Å². The Morgan fingerprint density at radius 1 is 1.50 bits per heavy atom. The van der Waals surface area contributed by atoms with E-state index in [4.69, 9.17) is 16.3 Å². The van der Waals surface area contributed by atoms with E-state index in [0.717, 1.165) is 41.9 Å². The van der Waals surface area contributed by atoms with Gasteiger partial charge in [-0.2, -0.15) is 0 Å². The van der Waals surface area contributed by atoms with Crippen molar-refractivity contribution in [1.29, 1.82) is 0 Å². The van der Waals surface area contributed by atoms with Gasteiger partial charge in [0.15, 0.2) is 0 Å². The van der Waals surface area contributed by atoms with Gasteiger partial charge in [0.05, 0.1) is 11.1 Å². The molecule has 0 radical (unpaired) electrons. The second-order valence-corrected chi connectivity index (χ2v) is 6.65. The molecule has 1 aromatic carbocycles. The van der Waals surface area contributed by atoms with Gasteiger partial charge in [0, 0.05) is 17.1 Å². The van der Waals surface area contributed by atoms with Crippen LogP contribution in [-0.2, 0) is 4.74 Å². The lowest BCUT2D eigenvalue weighted by atomic mass is 9.99. The molecule has 20 heavy (non-hydrogen) atoms. The Kier molecular flexibility index (Phi) is 6.82. The fraction of sp³-hybridized carbons (Fsp3) is 0.625. The van der Waals surface area contributed by atoms with Gasteiger partial charge in [-0.15, -0.1) is 0 Å². The van der Waals surface area contributed by atoms with Crippen molar-refractivity contribution in [2.45, 2.75) is 51.2 Å². The second-order valence-electron chi connectivity index (χ2n) is 5.39. The molecule has 0 amide bonds. The van der Waals surface area contributed by atoms with Crippen LogP contribution in [0.5, 0.6) is 0 Å². The molecule has 1 saturated heterocycles. The Morgan fingerprint density at radius 2 is 2.35 bits per heavy atom. The quantitative estimate of drug-likeness (QED) is 0.730. The van der Waals surface area contributed by atoms with Crippen molar-refractivity contribution in [2.24, 2.45) is 0 Å². The van der Waals surface area contributed by atoms with Crippen molar-refractivity contribution in [3.05, 3.63) is 33.3 Å². The molecular weight excluding hydrogens is 338 g/mol. The number of halogens is 2. The number of ether oxygens (including phenoxy) is 1. The molecule has 0 bridgehead atoms. The molecule has 2 nitrogen and oxygen atoms in total. The van der Waals surface area contributed by atoms with Gasteiger partial charge in [-0.1, -0.05) is 24.6 Å². The number of nitrogens with one attached hydrogen (secondary N) is 1. The average molecular weight is 361 g/mol. The summed E-state index contributed by atoms with van der Waals surface area (Å²) in [6.45, 7) is 4.17. The normalized spacial score (nSPS) is 20.2. The summed E-state index contributed by atoms with van der Waals surface area (Å²) in [5.74, 6) is 0. The van der Waals surface area contributed by atoms with Gasteiger partial charge >= 0.3 is 0 Å². The largest absolute Gasteiger partial charge is 0.378 e. The number of hydrogen-bond acceptors (Lipinski definition) is 2. The summed E-state index contributed by atoms with van der Waals surface area (Å²) in [6, 6.07) is 6.60. The summed E-state index contributed by atoms with van der Waals surface area (Å²) in [4.78, 5) is 0. The zero-order valence-corrected chi connectivity index (χ0v) is 14.3. The third-order valence-corrected chi connectivity index (χ3v) is 5.00. The van der Waals surface area contributed by atoms with Gasteiger partial charge in [0.1, 0.15) is 0 Å². The van der Waals surface area contributed by atoms with Crippen LogP contribution >= 0.6 is 27.5 Å². The van der Waals surface area contributed by atoms with Gasteiger partial charge in [0.2, 0.25) is 0 Å². The smallest absolute Gasteiger partial charge is 0.0576 e. The summed E-state index contributed by atoms with van der Waals surface area (Å²) in [7, 11) is 0. The van der Waals surface area contributed by atoms with E-state index in [2.05, 4.69) is 40.3 Å². The molecule has 1 N–H and O–H groups in total. The van der Waals surface area contributed by atoms with Gasteiger partial charge < -0.3 is 10.1 Å². The van der Waals surface area contributed by atoms with Crippen LogP contribution in [0.2, 0.25) is 5.02 Å². The van der Waals surface area contributed by atoms with E-state index in [1.165, 1.54) is 18.4 Å². The molecule has 0 saturated carbocycles. The highest BCUT2D eigenvalue weighted by Crippen LogP contribution is 2.29. The van der Waals surface area contributed by atoms with Crippen LogP contribution in [0.3, 0.4) is 0 Å². The fourth-order valence-electron chi connectivity index (χ4n) is 2.66. The van der Waals surface area contributed by atoms with E-state index >= 15 is 0 Å². The second kappa shape index (κ2) is 8.38. The van der Waals surface area contributed by atoms with Crippen LogP contribution in [0, 0.1) is 0 Å². The first-order chi connectivity index (χ1) is 9.70. The van der Waals surface area contributed by atoms with Crippen molar-refractivity contribution >= 4 is 27.5 Å². The van der Waals surface area contributed by atoms with Crippen LogP contribution < -0.4 is 5.32 Å². The summed E-state index contributed by atoms with van der Waals surface area (Å²) >= 11 is 9.60. The topological polar surface area (TPSA) is 21.3 Å². The van der Waals surface area contributed by atoms with E-state index < -0.39 is 0 Å². The SMILES string of the molecule is CCCNC(CCC1CCCO1)c1ccc(Cl)c(Br)c1. The zero-order valence-electron chi connectivity index (χ0n) is 12.0. The average Bonchev–Trinajstić information content (AvgIpc) is 2.95. The molecule has 0 aromatic heterocycles. The van der Waals surface area contributed by atoms with Crippen molar-refractivity contribution in [1.82, 2.24) is 5.32 Å². The van der Waals surface area contributed by atoms with E-state index in [9.17, 15) is 0 Å². The van der Waals surface area contributed by atoms with Gasteiger partial charge in [-0.05, 0) is 72.3 Å². The van der Waals surface area contributed by atoms with E-state index in [0.29, 0.717) is 12.1 Å². The Morgan fingerprint density at radius 3 is 3.00 bits per heavy atom. The van der Waals surface area contributed by atoms with Crippen molar-refractivity contribution < 1.29 is 4.74 Å². The Balaban J connectivity index is 1.99. The van der Waals surface area contributed by atoms with Crippen molar-refractivity contribution in [3.8, 4) is 0 Å². The van der Waals surface area contributed by atoms with Gasteiger partial charge in [-0.25, -0.2) is 0 Å². The third-order valence-electron chi connectivity index (χ3n) is 3.79. The highest BCUT2D eigenvalue weighted by Gasteiger charge is 2.19. The Bertz CT molecular complexity index is 421. The predicted octanol–water partition coefficient (Wildman–Crippen LogP) is 5.10. The maximum Gasteiger partial charge on any atom is 0.0576 e. The number of benzene rings is 1. The first-order valence-corrected chi connectivity index (χ1v) is 8.67. The molecule has 2 atom stereocenters. The zero-order chi connectivity index (χ0) is 14.4. The van der Waals surface area contributed by atoms with Gasteiger partial charge in [0.25, 0.3) is 0 Å². The fourth-order valence-corrected chi connectivity index (χ4v) is 3.17. The molecule has 2 unspecified atom stereocenters. The molecule has 112 valence electrons. The third kappa shape index (κ3) is 4.73. The van der Waals surface area contributed by atoms with Gasteiger partial charge in [-0.3, -0.25) is 0 Å². The minimum atomic E-state index is 0.382. The van der Waals surface area contributed by atoms with Crippen LogP contribution in [0.1, 0.15) is 50.6 Å². The predicted molar refractivity (Wildman–Crippen MR) is 88.4 cm³/mol. The number of hydrogen-bond donors (Lipinski definition) is 1. The molecule has 0 spiro atoms. The summed E-state index contributed by atoms with van der Waals surface area (Å²) in [5.41, 5.74) is 1.30. The van der Waals surface area contributed by atoms with Crippen LogP contribution in [0.4, 0.5) is 0 Å². The first-order valence-electron chi connectivity index (χ1n) is 7.50. The summed E-state index contributed by atoms with van der Waals surface area (Å²) in [5, 5.41) is 4.40. The monoisotopic (exact) mass is 359 g/mol. The molecule has 1 aliphatic rings. The maximum absolute atomic E-state index is 6.08. The molecular formula is C16H23BrClNO. The summed E-state index contributed by atoms with van der Waals surface area (Å²) in [6.07, 6.45) is 6.26. The molecule has 1 aliphatic heterocycles. The minimum absolute atomic E-state index is 0.382. The van der Waals surface area contributed by atoms with E-state index in [1.807, 2.05) is 6.07 Å². The minimum Gasteiger partial charge on any atom is -0.378 e. The van der Waals surface area contributed by atoms with Crippen LogP contribution in [0.15, 0.2) is 22.7 Å². The van der Waals surface area contributed by atoms with E-state index in [-0.39, 0.29) is 0 Å². The standard InChI is InChI=1S/C16H23BrClNO/c1-2-9-19-16(8-6-13-4-3-10-20-13)12-5-7-15(18)14(17)11-12/h5,7,11,13,16,19H,2-4,6,8-10H2,1H3. The molecule has 2 rings (SSSR count). The molecule has 1 heterocycles. The van der Waals surface area contributed by atoms with E-state index in [1.54, 1.807) is 0 Å². The Hall–Kier alpha value is -0.0900. The molecule has 0 aliphatic carbocycles. The molecule has 4 heteroatoms. The van der Waals surface area contributed by atoms with Crippen molar-refractivity contribution in [2.75, 3.05) is 13.2 Å². The lowest BCUT2D eigenvalue weighted by molar-refractivity contribution is 0.0996. The van der Waals surface area contributed by atoms with Crippen LogP contribution in [0.25, 0.3) is 0 Å². The molecule has 1 fully saturated rings. The maximum atomic E-state index is 6.08. The lowest BCUT2D eigenvalue weighted by Crippen LogP contribution is -2.23.